The Kier molecular flexibility index (Phi) is 2.93. The van der Waals surface area contributed by atoms with Crippen molar-refractivity contribution in [2.24, 2.45) is 4.40 Å². The molecule has 0 saturated heterocycles. The minimum atomic E-state index is -3.58. The van der Waals surface area contributed by atoms with E-state index in [1.807, 2.05) is 0 Å². The molecule has 0 bridgehead atoms. The molecule has 0 saturated carbocycles. The molecule has 2 rings (SSSR count). The third kappa shape index (κ3) is 2.40. The van der Waals surface area contributed by atoms with E-state index in [4.69, 9.17) is 4.42 Å². The molecule has 2 aromatic heterocycles. The molecule has 0 spiro atoms. The minimum Gasteiger partial charge on any atom is -0.460 e. The van der Waals surface area contributed by atoms with Crippen LogP contribution in [-0.4, -0.2) is 14.6 Å². The Balaban J connectivity index is 2.25. The SMILES string of the molecule is Cc1ccc(/C=N\S(=O)(=O)c2cccs2)o1. The molecule has 2 heterocycles. The third-order valence-electron chi connectivity index (χ3n) is 1.83. The van der Waals surface area contributed by atoms with E-state index in [1.165, 1.54) is 12.3 Å². The number of aryl methyl sites for hydroxylation is 1. The van der Waals surface area contributed by atoms with Crippen LogP contribution in [0.25, 0.3) is 0 Å². The highest BCUT2D eigenvalue weighted by molar-refractivity contribution is 7.92. The van der Waals surface area contributed by atoms with Gasteiger partial charge in [-0.15, -0.1) is 11.3 Å². The molecule has 0 aliphatic rings. The van der Waals surface area contributed by atoms with Gasteiger partial charge in [-0.1, -0.05) is 6.07 Å². The van der Waals surface area contributed by atoms with Crippen LogP contribution in [0.2, 0.25) is 0 Å². The lowest BCUT2D eigenvalue weighted by atomic mass is 10.4. The van der Waals surface area contributed by atoms with Gasteiger partial charge in [0.15, 0.2) is 0 Å². The highest BCUT2D eigenvalue weighted by atomic mass is 32.2. The molecule has 6 heteroatoms. The van der Waals surface area contributed by atoms with E-state index in [0.717, 1.165) is 17.1 Å². The fourth-order valence-electron chi connectivity index (χ4n) is 1.11. The van der Waals surface area contributed by atoms with Gasteiger partial charge in [0.2, 0.25) is 0 Å². The molecule has 0 N–H and O–H groups in total. The van der Waals surface area contributed by atoms with Gasteiger partial charge in [-0.25, -0.2) is 0 Å². The number of sulfonamides is 1. The van der Waals surface area contributed by atoms with Gasteiger partial charge >= 0.3 is 0 Å². The largest absolute Gasteiger partial charge is 0.460 e. The second-order valence-electron chi connectivity index (χ2n) is 3.09. The second-order valence-corrected chi connectivity index (χ2v) is 5.90. The molecule has 0 atom stereocenters. The second kappa shape index (κ2) is 4.23. The zero-order chi connectivity index (χ0) is 11.6. The van der Waals surface area contributed by atoms with E-state index in [2.05, 4.69) is 4.40 Å². The molecule has 0 radical (unpaired) electrons. The summed E-state index contributed by atoms with van der Waals surface area (Å²) < 4.78 is 32.2. The molecule has 84 valence electrons. The Morgan fingerprint density at radius 3 is 2.75 bits per heavy atom. The lowest BCUT2D eigenvalue weighted by molar-refractivity contribution is 0.528. The first-order valence-corrected chi connectivity index (χ1v) is 6.80. The molecule has 4 nitrogen and oxygen atoms in total. The number of nitrogens with zero attached hydrogens (tertiary/aromatic N) is 1. The van der Waals surface area contributed by atoms with Crippen LogP contribution in [0.3, 0.4) is 0 Å². The summed E-state index contributed by atoms with van der Waals surface area (Å²) in [7, 11) is -3.58. The molecule has 0 aromatic carbocycles. The Bertz CT molecular complexity index is 594. The van der Waals surface area contributed by atoms with Crippen molar-refractivity contribution in [3.8, 4) is 0 Å². The average Bonchev–Trinajstić information content (AvgIpc) is 2.85. The van der Waals surface area contributed by atoms with E-state index in [0.29, 0.717) is 5.76 Å². The van der Waals surface area contributed by atoms with Crippen LogP contribution in [0.1, 0.15) is 11.5 Å². The Hall–Kier alpha value is -1.40. The zero-order valence-corrected chi connectivity index (χ0v) is 10.1. The van der Waals surface area contributed by atoms with Crippen LogP contribution in [-0.2, 0) is 10.0 Å². The molecule has 0 aliphatic heterocycles. The molecule has 0 amide bonds. The molecule has 0 aliphatic carbocycles. The van der Waals surface area contributed by atoms with E-state index >= 15 is 0 Å². The quantitative estimate of drug-likeness (QED) is 0.791. The maximum atomic E-state index is 11.6. The monoisotopic (exact) mass is 255 g/mol. The van der Waals surface area contributed by atoms with Gasteiger partial charge in [0.1, 0.15) is 15.7 Å². The van der Waals surface area contributed by atoms with Crippen molar-refractivity contribution in [2.45, 2.75) is 11.1 Å². The van der Waals surface area contributed by atoms with E-state index in [9.17, 15) is 8.42 Å². The summed E-state index contributed by atoms with van der Waals surface area (Å²) in [6, 6.07) is 6.61. The van der Waals surface area contributed by atoms with Gasteiger partial charge in [-0.2, -0.15) is 12.8 Å². The predicted octanol–water partition coefficient (Wildman–Crippen LogP) is 2.46. The van der Waals surface area contributed by atoms with Crippen molar-refractivity contribution in [3.63, 3.8) is 0 Å². The molecule has 2 aromatic rings. The van der Waals surface area contributed by atoms with Crippen molar-refractivity contribution in [2.75, 3.05) is 0 Å². The van der Waals surface area contributed by atoms with Crippen molar-refractivity contribution in [3.05, 3.63) is 41.2 Å². The summed E-state index contributed by atoms with van der Waals surface area (Å²) in [5.74, 6) is 1.15. The summed E-state index contributed by atoms with van der Waals surface area (Å²) in [5, 5.41) is 1.69. The Labute approximate surface area is 97.3 Å². The highest BCUT2D eigenvalue weighted by Gasteiger charge is 2.12. The summed E-state index contributed by atoms with van der Waals surface area (Å²) in [4.78, 5) is 0. The van der Waals surface area contributed by atoms with Gasteiger partial charge in [-0.3, -0.25) is 0 Å². The maximum Gasteiger partial charge on any atom is 0.291 e. The Morgan fingerprint density at radius 1 is 1.38 bits per heavy atom. The van der Waals surface area contributed by atoms with Crippen LogP contribution >= 0.6 is 11.3 Å². The van der Waals surface area contributed by atoms with Crippen LogP contribution in [0.15, 0.2) is 42.7 Å². The summed E-state index contributed by atoms with van der Waals surface area (Å²) in [6.45, 7) is 1.78. The molecule has 0 fully saturated rings. The van der Waals surface area contributed by atoms with E-state index in [-0.39, 0.29) is 4.21 Å². The third-order valence-corrected chi connectivity index (χ3v) is 4.44. The highest BCUT2D eigenvalue weighted by Crippen LogP contribution is 2.18. The zero-order valence-electron chi connectivity index (χ0n) is 8.45. The van der Waals surface area contributed by atoms with Crippen LogP contribution in [0.4, 0.5) is 0 Å². The van der Waals surface area contributed by atoms with Gasteiger partial charge < -0.3 is 4.42 Å². The summed E-state index contributed by atoms with van der Waals surface area (Å²) in [6.07, 6.45) is 1.21. The summed E-state index contributed by atoms with van der Waals surface area (Å²) >= 11 is 1.14. The minimum absolute atomic E-state index is 0.229. The first kappa shape index (κ1) is 11.1. The first-order valence-electron chi connectivity index (χ1n) is 4.48. The van der Waals surface area contributed by atoms with Crippen molar-refractivity contribution < 1.29 is 12.8 Å². The first-order chi connectivity index (χ1) is 7.58. The fourth-order valence-corrected chi connectivity index (χ4v) is 2.93. The average molecular weight is 255 g/mol. The number of thiophene rings is 1. The van der Waals surface area contributed by atoms with Crippen LogP contribution < -0.4 is 0 Å². The van der Waals surface area contributed by atoms with Crippen molar-refractivity contribution >= 4 is 27.6 Å². The maximum absolute atomic E-state index is 11.6. The molecular formula is C10H9NO3S2. The van der Waals surface area contributed by atoms with Gasteiger partial charge in [0.05, 0.1) is 6.21 Å². The lowest BCUT2D eigenvalue weighted by Gasteiger charge is -1.91. The van der Waals surface area contributed by atoms with Gasteiger partial charge in [-0.05, 0) is 30.5 Å². The number of hydrogen-bond donors (Lipinski definition) is 0. The van der Waals surface area contributed by atoms with Crippen molar-refractivity contribution in [1.29, 1.82) is 0 Å². The topological polar surface area (TPSA) is 59.6 Å². The molecule has 0 unspecified atom stereocenters. The standard InChI is InChI=1S/C10H9NO3S2/c1-8-4-5-9(14-8)7-11-16(12,13)10-3-2-6-15-10/h2-7H,1H3/b11-7-. The van der Waals surface area contributed by atoms with Gasteiger partial charge in [0, 0.05) is 0 Å². The number of furan rings is 1. The smallest absolute Gasteiger partial charge is 0.291 e. The van der Waals surface area contributed by atoms with Crippen LogP contribution in [0, 0.1) is 6.92 Å². The van der Waals surface area contributed by atoms with Crippen molar-refractivity contribution in [1.82, 2.24) is 0 Å². The normalized spacial score (nSPS) is 12.3. The predicted molar refractivity (Wildman–Crippen MR) is 62.5 cm³/mol. The molecule has 16 heavy (non-hydrogen) atoms. The molecular weight excluding hydrogens is 246 g/mol. The van der Waals surface area contributed by atoms with E-state index in [1.54, 1.807) is 30.5 Å². The number of hydrogen-bond acceptors (Lipinski definition) is 4. The Morgan fingerprint density at radius 2 is 2.19 bits per heavy atom. The lowest BCUT2D eigenvalue weighted by Crippen LogP contribution is -1.94. The van der Waals surface area contributed by atoms with Crippen LogP contribution in [0.5, 0.6) is 0 Å². The summed E-state index contributed by atoms with van der Waals surface area (Å²) in [5.41, 5.74) is 0. The number of rotatable bonds is 3. The van der Waals surface area contributed by atoms with E-state index < -0.39 is 10.0 Å². The van der Waals surface area contributed by atoms with Gasteiger partial charge in [0.25, 0.3) is 10.0 Å². The fraction of sp³-hybridized carbons (Fsp3) is 0.100.